The summed E-state index contributed by atoms with van der Waals surface area (Å²) in [6.07, 6.45) is 1.34. The zero-order valence-electron chi connectivity index (χ0n) is 13.7. The number of rotatable bonds is 3. The van der Waals surface area contributed by atoms with E-state index in [2.05, 4.69) is 57.7 Å². The van der Waals surface area contributed by atoms with Crippen molar-refractivity contribution in [3.63, 3.8) is 0 Å². The third kappa shape index (κ3) is 3.62. The highest BCUT2D eigenvalue weighted by Gasteiger charge is 2.29. The fourth-order valence-corrected chi connectivity index (χ4v) is 3.66. The molecule has 0 amide bonds. The minimum absolute atomic E-state index is 0.119. The number of nitrogens with two attached hydrogens (primary N) is 1. The third-order valence-corrected chi connectivity index (χ3v) is 4.82. The normalized spacial score (nSPS) is 29.4. The van der Waals surface area contributed by atoms with Crippen molar-refractivity contribution in [2.45, 2.75) is 53.1 Å². The quantitative estimate of drug-likeness (QED) is 0.911. The highest BCUT2D eigenvalue weighted by atomic mass is 15.2. The third-order valence-electron chi connectivity index (χ3n) is 4.82. The van der Waals surface area contributed by atoms with E-state index in [-0.39, 0.29) is 6.04 Å². The number of benzene rings is 1. The molecular formula is C18H30N2. The van der Waals surface area contributed by atoms with Gasteiger partial charge in [-0.1, -0.05) is 43.2 Å². The summed E-state index contributed by atoms with van der Waals surface area (Å²) >= 11 is 0. The number of aryl methyl sites for hydroxylation is 2. The van der Waals surface area contributed by atoms with E-state index in [0.717, 1.165) is 18.4 Å². The van der Waals surface area contributed by atoms with Gasteiger partial charge in [-0.15, -0.1) is 0 Å². The Bertz CT molecular complexity index is 434. The van der Waals surface area contributed by atoms with E-state index in [1.54, 1.807) is 0 Å². The van der Waals surface area contributed by atoms with Gasteiger partial charge in [-0.2, -0.15) is 0 Å². The largest absolute Gasteiger partial charge is 0.323 e. The highest BCUT2D eigenvalue weighted by molar-refractivity contribution is 5.30. The fraction of sp³-hybridized carbons (Fsp3) is 0.667. The molecular weight excluding hydrogens is 244 g/mol. The van der Waals surface area contributed by atoms with Crippen molar-refractivity contribution in [2.24, 2.45) is 17.6 Å². The van der Waals surface area contributed by atoms with Crippen LogP contribution in [0.25, 0.3) is 0 Å². The summed E-state index contributed by atoms with van der Waals surface area (Å²) in [5, 5.41) is 0. The minimum atomic E-state index is 0.119. The second-order valence-electron chi connectivity index (χ2n) is 7.04. The van der Waals surface area contributed by atoms with Crippen LogP contribution in [0.15, 0.2) is 18.2 Å². The molecule has 4 atom stereocenters. The Hall–Kier alpha value is -0.860. The molecule has 1 heterocycles. The topological polar surface area (TPSA) is 29.3 Å². The second kappa shape index (κ2) is 6.28. The van der Waals surface area contributed by atoms with E-state index in [9.17, 15) is 0 Å². The van der Waals surface area contributed by atoms with Gasteiger partial charge in [0, 0.05) is 25.2 Å². The standard InChI is InChI=1S/C18H30N2/c1-12-6-13(2)9-17(8-12)18(19)11-20-10-14(3)7-15(4)16(20)5/h6,8-9,14-16,18H,7,10-11,19H2,1-5H3. The van der Waals surface area contributed by atoms with E-state index in [1.165, 1.54) is 29.7 Å². The van der Waals surface area contributed by atoms with Crippen molar-refractivity contribution in [3.8, 4) is 0 Å². The molecule has 0 aliphatic carbocycles. The molecule has 112 valence electrons. The van der Waals surface area contributed by atoms with Gasteiger partial charge in [0.05, 0.1) is 0 Å². The minimum Gasteiger partial charge on any atom is -0.323 e. The summed E-state index contributed by atoms with van der Waals surface area (Å²) in [7, 11) is 0. The van der Waals surface area contributed by atoms with Crippen LogP contribution >= 0.6 is 0 Å². The van der Waals surface area contributed by atoms with Crippen LogP contribution in [-0.2, 0) is 0 Å². The summed E-state index contributed by atoms with van der Waals surface area (Å²) in [6.45, 7) is 13.5. The van der Waals surface area contributed by atoms with Gasteiger partial charge >= 0.3 is 0 Å². The molecule has 1 aromatic carbocycles. The SMILES string of the molecule is Cc1cc(C)cc(C(N)CN2CC(C)CC(C)C2C)c1. The van der Waals surface area contributed by atoms with Gasteiger partial charge in [-0.05, 0) is 44.6 Å². The lowest BCUT2D eigenvalue weighted by molar-refractivity contribution is 0.0742. The molecule has 20 heavy (non-hydrogen) atoms. The first-order valence-electron chi connectivity index (χ1n) is 7.94. The Morgan fingerprint density at radius 1 is 1.15 bits per heavy atom. The summed E-state index contributed by atoms with van der Waals surface area (Å²) < 4.78 is 0. The van der Waals surface area contributed by atoms with Crippen LogP contribution in [0.2, 0.25) is 0 Å². The van der Waals surface area contributed by atoms with E-state index in [1.807, 2.05) is 0 Å². The van der Waals surface area contributed by atoms with Gasteiger partial charge in [0.15, 0.2) is 0 Å². The first-order valence-corrected chi connectivity index (χ1v) is 7.94. The van der Waals surface area contributed by atoms with E-state index in [4.69, 9.17) is 5.73 Å². The smallest absolute Gasteiger partial charge is 0.0424 e. The van der Waals surface area contributed by atoms with Crippen LogP contribution in [0.4, 0.5) is 0 Å². The lowest BCUT2D eigenvalue weighted by Crippen LogP contribution is -2.48. The van der Waals surface area contributed by atoms with Crippen molar-refractivity contribution in [3.05, 3.63) is 34.9 Å². The average molecular weight is 274 g/mol. The summed E-state index contributed by atoms with van der Waals surface area (Å²) in [5.74, 6) is 1.55. The molecule has 2 heteroatoms. The van der Waals surface area contributed by atoms with Crippen molar-refractivity contribution in [1.82, 2.24) is 4.90 Å². The Labute approximate surface area is 124 Å². The molecule has 0 radical (unpaired) electrons. The molecule has 1 aliphatic rings. The molecule has 1 aromatic rings. The maximum absolute atomic E-state index is 6.48. The van der Waals surface area contributed by atoms with Gasteiger partial charge in [0.25, 0.3) is 0 Å². The molecule has 0 saturated carbocycles. The Morgan fingerprint density at radius 3 is 2.35 bits per heavy atom. The summed E-state index contributed by atoms with van der Waals surface area (Å²) in [6, 6.07) is 7.44. The van der Waals surface area contributed by atoms with Crippen molar-refractivity contribution < 1.29 is 0 Å². The van der Waals surface area contributed by atoms with Crippen LogP contribution in [0, 0.1) is 25.7 Å². The monoisotopic (exact) mass is 274 g/mol. The van der Waals surface area contributed by atoms with Crippen LogP contribution in [0.5, 0.6) is 0 Å². The van der Waals surface area contributed by atoms with Crippen molar-refractivity contribution in [2.75, 3.05) is 13.1 Å². The van der Waals surface area contributed by atoms with Crippen LogP contribution < -0.4 is 5.73 Å². The molecule has 2 nitrogen and oxygen atoms in total. The molecule has 1 aliphatic heterocycles. The number of hydrogen-bond donors (Lipinski definition) is 1. The fourth-order valence-electron chi connectivity index (χ4n) is 3.66. The predicted molar refractivity (Wildman–Crippen MR) is 86.8 cm³/mol. The number of hydrogen-bond acceptors (Lipinski definition) is 2. The summed E-state index contributed by atoms with van der Waals surface area (Å²) in [5.41, 5.74) is 10.4. The number of piperidine rings is 1. The van der Waals surface area contributed by atoms with Gasteiger partial charge < -0.3 is 5.73 Å². The summed E-state index contributed by atoms with van der Waals surface area (Å²) in [4.78, 5) is 2.58. The Kier molecular flexibility index (Phi) is 4.87. The highest BCUT2D eigenvalue weighted by Crippen LogP contribution is 2.28. The number of likely N-dealkylation sites (tertiary alicyclic amines) is 1. The first-order chi connectivity index (χ1) is 9.36. The maximum atomic E-state index is 6.48. The van der Waals surface area contributed by atoms with Crippen LogP contribution in [0.3, 0.4) is 0 Å². The lowest BCUT2D eigenvalue weighted by Gasteiger charge is -2.42. The Morgan fingerprint density at radius 2 is 1.75 bits per heavy atom. The van der Waals surface area contributed by atoms with Gasteiger partial charge in [0.1, 0.15) is 0 Å². The van der Waals surface area contributed by atoms with Gasteiger partial charge in [-0.3, -0.25) is 4.90 Å². The molecule has 0 spiro atoms. The molecule has 0 aromatic heterocycles. The zero-order chi connectivity index (χ0) is 14.9. The van der Waals surface area contributed by atoms with E-state index >= 15 is 0 Å². The first kappa shape index (κ1) is 15.5. The maximum Gasteiger partial charge on any atom is 0.0424 e. The molecule has 2 N–H and O–H groups in total. The molecule has 0 bridgehead atoms. The Balaban J connectivity index is 2.08. The van der Waals surface area contributed by atoms with Crippen molar-refractivity contribution >= 4 is 0 Å². The van der Waals surface area contributed by atoms with E-state index in [0.29, 0.717) is 6.04 Å². The second-order valence-corrected chi connectivity index (χ2v) is 7.04. The average Bonchev–Trinajstić information content (AvgIpc) is 2.34. The van der Waals surface area contributed by atoms with Crippen molar-refractivity contribution in [1.29, 1.82) is 0 Å². The number of nitrogens with zero attached hydrogens (tertiary/aromatic N) is 1. The van der Waals surface area contributed by atoms with Crippen LogP contribution in [-0.4, -0.2) is 24.0 Å². The molecule has 1 fully saturated rings. The molecule has 2 rings (SSSR count). The van der Waals surface area contributed by atoms with E-state index < -0.39 is 0 Å². The van der Waals surface area contributed by atoms with Gasteiger partial charge in [0.2, 0.25) is 0 Å². The van der Waals surface area contributed by atoms with Crippen LogP contribution in [0.1, 0.15) is 49.9 Å². The predicted octanol–water partition coefficient (Wildman–Crippen LogP) is 3.67. The zero-order valence-corrected chi connectivity index (χ0v) is 13.7. The van der Waals surface area contributed by atoms with Gasteiger partial charge in [-0.25, -0.2) is 0 Å². The molecule has 4 unspecified atom stereocenters. The lowest BCUT2D eigenvalue weighted by atomic mass is 9.85. The molecule has 1 saturated heterocycles.